The van der Waals surface area contributed by atoms with Crippen molar-refractivity contribution in [3.63, 3.8) is 0 Å². The molecule has 0 bridgehead atoms. The van der Waals surface area contributed by atoms with Gasteiger partial charge in [-0.3, -0.25) is 19.3 Å². The number of para-hydroxylation sites is 1. The monoisotopic (exact) mass is 595 g/mol. The molecule has 2 heterocycles. The van der Waals surface area contributed by atoms with Crippen LogP contribution in [0.3, 0.4) is 0 Å². The van der Waals surface area contributed by atoms with Gasteiger partial charge in [-0.05, 0) is 49.6 Å². The van der Waals surface area contributed by atoms with Gasteiger partial charge in [0.25, 0.3) is 11.9 Å². The number of thiocarbonyl (C=S) groups is 1. The lowest BCUT2D eigenvalue weighted by molar-refractivity contribution is -0.137. The van der Waals surface area contributed by atoms with Crippen LogP contribution in [0.5, 0.6) is 5.75 Å². The van der Waals surface area contributed by atoms with Gasteiger partial charge in [-0.1, -0.05) is 67.7 Å². The second-order valence-electron chi connectivity index (χ2n) is 9.15. The number of carboxylic acid groups (broad SMARTS) is 2. The molecule has 11 heteroatoms. The number of nitrogens with zero attached hydrogens (tertiary/aromatic N) is 3. The molecule has 0 unspecified atom stereocenters. The number of carbonyl (C=O) groups is 3. The lowest BCUT2D eigenvalue weighted by atomic mass is 10.1. The molecule has 2 aromatic carbocycles. The normalized spacial score (nSPS) is 13.7. The standard InChI is InChI=1S/C28H29N3O4S2.C2H4O2/c1-2-16-35-23-13-9-10-20(17-23)26-21(19-31(29-26)22-11-5-3-6-12-22)18-24-27(34)30(28(36)37-24)15-8-4-7-14-25(32)33;1-2(3)4/h3,5-6,9-13,17-19H,2,4,7-8,14-16H2,1H3,(H,32,33);1H3,(H,3,4). The highest BCUT2D eigenvalue weighted by molar-refractivity contribution is 8.26. The van der Waals surface area contributed by atoms with E-state index in [-0.39, 0.29) is 12.3 Å². The minimum Gasteiger partial charge on any atom is -0.494 e. The summed E-state index contributed by atoms with van der Waals surface area (Å²) in [5, 5.41) is 21.1. The molecule has 1 saturated heterocycles. The first kappa shape index (κ1) is 31.6. The number of amides is 1. The minimum absolute atomic E-state index is 0.133. The summed E-state index contributed by atoms with van der Waals surface area (Å²) in [6, 6.07) is 17.6. The van der Waals surface area contributed by atoms with Crippen molar-refractivity contribution >= 4 is 52.2 Å². The van der Waals surface area contributed by atoms with Crippen LogP contribution in [0.1, 0.15) is 51.5 Å². The van der Waals surface area contributed by atoms with Crippen LogP contribution in [0.2, 0.25) is 0 Å². The third-order valence-electron chi connectivity index (χ3n) is 5.78. The van der Waals surface area contributed by atoms with Crippen molar-refractivity contribution in [3.8, 4) is 22.7 Å². The average Bonchev–Trinajstić information content (AvgIpc) is 3.48. The van der Waals surface area contributed by atoms with E-state index in [9.17, 15) is 9.59 Å². The first-order valence-electron chi connectivity index (χ1n) is 13.2. The van der Waals surface area contributed by atoms with Crippen LogP contribution < -0.4 is 4.74 Å². The van der Waals surface area contributed by atoms with Gasteiger partial charge in [0.1, 0.15) is 15.8 Å². The van der Waals surface area contributed by atoms with Crippen LogP contribution in [-0.4, -0.2) is 60.2 Å². The van der Waals surface area contributed by atoms with Gasteiger partial charge in [-0.25, -0.2) is 4.68 Å². The van der Waals surface area contributed by atoms with Gasteiger partial charge in [-0.2, -0.15) is 5.10 Å². The number of benzene rings is 2. The summed E-state index contributed by atoms with van der Waals surface area (Å²) < 4.78 is 8.16. The summed E-state index contributed by atoms with van der Waals surface area (Å²) in [6.07, 6.45) is 6.84. The number of aliphatic carboxylic acids is 2. The molecule has 41 heavy (non-hydrogen) atoms. The lowest BCUT2D eigenvalue weighted by Crippen LogP contribution is -2.29. The molecule has 1 aliphatic rings. The molecule has 0 spiro atoms. The fraction of sp³-hybridized carbons (Fsp3) is 0.300. The Labute approximate surface area is 248 Å². The Bertz CT molecular complexity index is 1400. The molecule has 3 aromatic rings. The van der Waals surface area contributed by atoms with E-state index in [2.05, 4.69) is 6.92 Å². The Morgan fingerprint density at radius 2 is 1.80 bits per heavy atom. The van der Waals surface area contributed by atoms with Crippen LogP contribution in [0.15, 0.2) is 65.7 Å². The van der Waals surface area contributed by atoms with Crippen molar-refractivity contribution in [2.75, 3.05) is 13.2 Å². The Morgan fingerprint density at radius 3 is 2.49 bits per heavy atom. The molecule has 1 fully saturated rings. The van der Waals surface area contributed by atoms with E-state index in [1.807, 2.05) is 71.6 Å². The molecule has 1 amide bonds. The fourth-order valence-corrected chi connectivity index (χ4v) is 5.24. The number of hydrogen-bond acceptors (Lipinski definition) is 7. The second kappa shape index (κ2) is 15.7. The van der Waals surface area contributed by atoms with Crippen molar-refractivity contribution in [2.24, 2.45) is 0 Å². The molecular formula is C30H33N3O6S2. The third-order valence-corrected chi connectivity index (χ3v) is 7.15. The molecule has 4 rings (SSSR count). The zero-order valence-corrected chi connectivity index (χ0v) is 24.6. The number of aromatic nitrogens is 2. The zero-order chi connectivity index (χ0) is 29.8. The van der Waals surface area contributed by atoms with E-state index in [4.69, 9.17) is 37.1 Å². The highest BCUT2D eigenvalue weighted by Gasteiger charge is 2.32. The maximum absolute atomic E-state index is 13.2. The Balaban J connectivity index is 0.00000108. The highest BCUT2D eigenvalue weighted by Crippen LogP contribution is 2.35. The van der Waals surface area contributed by atoms with E-state index in [1.165, 1.54) is 11.8 Å². The number of carboxylic acids is 2. The van der Waals surface area contributed by atoms with Crippen molar-refractivity contribution in [1.82, 2.24) is 14.7 Å². The van der Waals surface area contributed by atoms with Crippen LogP contribution in [-0.2, 0) is 14.4 Å². The molecule has 0 aliphatic carbocycles. The minimum atomic E-state index is -0.833. The molecule has 0 atom stereocenters. The summed E-state index contributed by atoms with van der Waals surface area (Å²) in [5.41, 5.74) is 3.35. The van der Waals surface area contributed by atoms with Gasteiger partial charge < -0.3 is 14.9 Å². The molecule has 216 valence electrons. The number of hydrogen-bond donors (Lipinski definition) is 2. The molecule has 0 saturated carbocycles. The number of carbonyl (C=O) groups excluding carboxylic acids is 1. The van der Waals surface area contributed by atoms with Crippen LogP contribution >= 0.6 is 24.0 Å². The Morgan fingerprint density at radius 1 is 1.07 bits per heavy atom. The van der Waals surface area contributed by atoms with Crippen LogP contribution in [0.25, 0.3) is 23.0 Å². The van der Waals surface area contributed by atoms with Gasteiger partial charge in [0, 0.05) is 37.2 Å². The van der Waals surface area contributed by atoms with Crippen molar-refractivity contribution < 1.29 is 29.3 Å². The van der Waals surface area contributed by atoms with Crippen molar-refractivity contribution in [1.29, 1.82) is 0 Å². The van der Waals surface area contributed by atoms with E-state index in [1.54, 1.807) is 4.90 Å². The summed E-state index contributed by atoms with van der Waals surface area (Å²) >= 11 is 6.77. The fourth-order valence-electron chi connectivity index (χ4n) is 3.94. The second-order valence-corrected chi connectivity index (χ2v) is 10.8. The van der Waals surface area contributed by atoms with E-state index in [0.29, 0.717) is 35.2 Å². The molecule has 2 N–H and O–H groups in total. The van der Waals surface area contributed by atoms with E-state index in [0.717, 1.165) is 48.0 Å². The maximum atomic E-state index is 13.2. The number of ether oxygens (including phenoxy) is 1. The number of unbranched alkanes of at least 4 members (excludes halogenated alkanes) is 2. The number of thioether (sulfide) groups is 1. The average molecular weight is 596 g/mol. The Kier molecular flexibility index (Phi) is 12.1. The first-order chi connectivity index (χ1) is 19.7. The lowest BCUT2D eigenvalue weighted by Gasteiger charge is -2.13. The van der Waals surface area contributed by atoms with Crippen molar-refractivity contribution in [2.45, 2.75) is 46.0 Å². The summed E-state index contributed by atoms with van der Waals surface area (Å²) in [4.78, 5) is 35.1. The zero-order valence-electron chi connectivity index (χ0n) is 23.0. The highest BCUT2D eigenvalue weighted by atomic mass is 32.2. The third kappa shape index (κ3) is 9.58. The molecule has 9 nitrogen and oxygen atoms in total. The van der Waals surface area contributed by atoms with Gasteiger partial charge in [0.2, 0.25) is 0 Å². The quantitative estimate of drug-likeness (QED) is 0.142. The first-order valence-corrected chi connectivity index (χ1v) is 14.5. The van der Waals surface area contributed by atoms with Gasteiger partial charge in [0.05, 0.1) is 17.2 Å². The molecule has 1 aromatic heterocycles. The molecule has 0 radical (unpaired) electrons. The van der Waals surface area contributed by atoms with Gasteiger partial charge >= 0.3 is 5.97 Å². The van der Waals surface area contributed by atoms with Crippen LogP contribution in [0.4, 0.5) is 0 Å². The van der Waals surface area contributed by atoms with Crippen LogP contribution in [0, 0.1) is 0 Å². The van der Waals surface area contributed by atoms with E-state index < -0.39 is 11.9 Å². The largest absolute Gasteiger partial charge is 0.494 e. The van der Waals surface area contributed by atoms with Gasteiger partial charge in [0.15, 0.2) is 0 Å². The Hall–Kier alpha value is -3.96. The maximum Gasteiger partial charge on any atom is 0.303 e. The summed E-state index contributed by atoms with van der Waals surface area (Å²) in [6.45, 7) is 4.26. The number of rotatable bonds is 12. The SMILES string of the molecule is CC(=O)O.CCCOc1cccc(-c2nn(-c3ccccc3)cc2C=C2SC(=S)N(CCCCCC(=O)O)C2=O)c1. The predicted molar refractivity (Wildman–Crippen MR) is 164 cm³/mol. The molecular weight excluding hydrogens is 562 g/mol. The van der Waals surface area contributed by atoms with Gasteiger partial charge in [-0.15, -0.1) is 0 Å². The smallest absolute Gasteiger partial charge is 0.303 e. The molecule has 1 aliphatic heterocycles. The van der Waals surface area contributed by atoms with E-state index >= 15 is 0 Å². The summed E-state index contributed by atoms with van der Waals surface area (Å²) in [5.74, 6) is -0.997. The topological polar surface area (TPSA) is 122 Å². The van der Waals surface area contributed by atoms with Crippen molar-refractivity contribution in [3.05, 3.63) is 71.3 Å². The predicted octanol–water partition coefficient (Wildman–Crippen LogP) is 6.27. The summed E-state index contributed by atoms with van der Waals surface area (Å²) in [7, 11) is 0.